The Bertz CT molecular complexity index is 1170. The average molecular weight is 422 g/mol. The highest BCUT2D eigenvalue weighted by molar-refractivity contribution is 5.87. The molecule has 1 amide bonds. The summed E-state index contributed by atoms with van der Waals surface area (Å²) in [5, 5.41) is 8.04. The van der Waals surface area contributed by atoms with E-state index < -0.39 is 0 Å². The van der Waals surface area contributed by atoms with E-state index in [9.17, 15) is 9.59 Å². The van der Waals surface area contributed by atoms with Gasteiger partial charge in [-0.15, -0.1) is 0 Å². The number of fused-ring (bicyclic) bond motifs is 1. The van der Waals surface area contributed by atoms with E-state index in [0.29, 0.717) is 37.8 Å². The van der Waals surface area contributed by atoms with Gasteiger partial charge in [0.15, 0.2) is 0 Å². The average Bonchev–Trinajstić information content (AvgIpc) is 3.17. The number of aryl methyl sites for hydroxylation is 1. The minimum Gasteiger partial charge on any atom is -0.336 e. The van der Waals surface area contributed by atoms with Crippen molar-refractivity contribution in [1.29, 1.82) is 0 Å². The van der Waals surface area contributed by atoms with Crippen LogP contribution in [0.2, 0.25) is 0 Å². The Morgan fingerprint density at radius 3 is 2.84 bits per heavy atom. The number of piperazine rings is 1. The molecular weight excluding hydrogens is 396 g/mol. The van der Waals surface area contributed by atoms with Crippen molar-refractivity contribution in [3.8, 4) is 0 Å². The minimum absolute atomic E-state index is 0.0397. The van der Waals surface area contributed by atoms with E-state index in [1.165, 1.54) is 6.08 Å². The molecule has 10 heteroatoms. The predicted octanol–water partition coefficient (Wildman–Crippen LogP) is 0.987. The Labute approximate surface area is 179 Å². The number of anilines is 2. The summed E-state index contributed by atoms with van der Waals surface area (Å²) in [5.41, 5.74) is 1.25. The molecule has 3 aromatic rings. The van der Waals surface area contributed by atoms with Crippen LogP contribution in [0.1, 0.15) is 6.92 Å². The molecule has 1 saturated heterocycles. The third-order valence-corrected chi connectivity index (χ3v) is 5.55. The van der Waals surface area contributed by atoms with Gasteiger partial charge in [0.2, 0.25) is 11.9 Å². The molecule has 162 valence electrons. The fraction of sp³-hybridized carbons (Fsp3) is 0.381. The van der Waals surface area contributed by atoms with Gasteiger partial charge in [0.05, 0.1) is 11.9 Å². The Morgan fingerprint density at radius 1 is 1.29 bits per heavy atom. The second-order valence-corrected chi connectivity index (χ2v) is 7.70. The predicted molar refractivity (Wildman–Crippen MR) is 118 cm³/mol. The molecule has 1 aliphatic rings. The number of carbonyl (C=O) groups is 1. The van der Waals surface area contributed by atoms with Crippen LogP contribution in [0, 0.1) is 0 Å². The number of nitrogens with one attached hydrogen (secondary N) is 1. The van der Waals surface area contributed by atoms with Crippen LogP contribution in [0.5, 0.6) is 0 Å². The summed E-state index contributed by atoms with van der Waals surface area (Å²) >= 11 is 0. The van der Waals surface area contributed by atoms with Gasteiger partial charge in [0.25, 0.3) is 5.56 Å². The molecule has 31 heavy (non-hydrogen) atoms. The highest BCUT2D eigenvalue weighted by atomic mass is 16.2. The highest BCUT2D eigenvalue weighted by Crippen LogP contribution is 2.16. The number of aromatic nitrogens is 5. The van der Waals surface area contributed by atoms with Gasteiger partial charge in [0, 0.05) is 69.7 Å². The largest absolute Gasteiger partial charge is 0.336 e. The summed E-state index contributed by atoms with van der Waals surface area (Å²) in [6.07, 6.45) is 6.57. The zero-order valence-electron chi connectivity index (χ0n) is 17.7. The van der Waals surface area contributed by atoms with Gasteiger partial charge in [-0.2, -0.15) is 10.1 Å². The van der Waals surface area contributed by atoms with E-state index in [2.05, 4.69) is 38.8 Å². The lowest BCUT2D eigenvalue weighted by molar-refractivity contribution is -0.128. The van der Waals surface area contributed by atoms with Crippen LogP contribution in [0.15, 0.2) is 48.2 Å². The van der Waals surface area contributed by atoms with Crippen molar-refractivity contribution < 1.29 is 4.79 Å². The second kappa shape index (κ2) is 8.68. The molecule has 1 aliphatic heterocycles. The highest BCUT2D eigenvalue weighted by Gasteiger charge is 2.25. The van der Waals surface area contributed by atoms with Crippen molar-refractivity contribution in [1.82, 2.24) is 34.1 Å². The molecule has 0 radical (unpaired) electrons. The van der Waals surface area contributed by atoms with Crippen molar-refractivity contribution in [2.24, 2.45) is 7.05 Å². The van der Waals surface area contributed by atoms with Gasteiger partial charge in [0.1, 0.15) is 5.65 Å². The van der Waals surface area contributed by atoms with E-state index in [4.69, 9.17) is 0 Å². The Balaban J connectivity index is 1.52. The van der Waals surface area contributed by atoms with Crippen LogP contribution in [0.3, 0.4) is 0 Å². The molecule has 10 nitrogen and oxygen atoms in total. The number of pyridine rings is 1. The maximum absolute atomic E-state index is 12.6. The Kier molecular flexibility index (Phi) is 5.81. The Morgan fingerprint density at radius 2 is 2.13 bits per heavy atom. The Hall–Kier alpha value is -3.53. The van der Waals surface area contributed by atoms with Crippen LogP contribution in [-0.4, -0.2) is 72.2 Å². The normalized spacial score (nSPS) is 17.1. The maximum atomic E-state index is 12.6. The number of amides is 1. The fourth-order valence-corrected chi connectivity index (χ4v) is 3.85. The molecule has 3 aromatic heterocycles. The lowest BCUT2D eigenvalue weighted by Gasteiger charge is -2.39. The van der Waals surface area contributed by atoms with Gasteiger partial charge < -0.3 is 10.2 Å². The number of nitrogens with zero attached hydrogens (tertiary/aromatic N) is 7. The summed E-state index contributed by atoms with van der Waals surface area (Å²) in [6.45, 7) is 8.90. The van der Waals surface area contributed by atoms with Crippen molar-refractivity contribution in [2.75, 3.05) is 31.5 Å². The van der Waals surface area contributed by atoms with E-state index >= 15 is 0 Å². The zero-order valence-corrected chi connectivity index (χ0v) is 17.7. The molecule has 0 saturated carbocycles. The molecule has 1 atom stereocenters. The molecule has 0 bridgehead atoms. The number of hydrogen-bond acceptors (Lipinski definition) is 7. The van der Waals surface area contributed by atoms with Gasteiger partial charge in [-0.3, -0.25) is 23.7 Å². The van der Waals surface area contributed by atoms with Crippen molar-refractivity contribution in [3.05, 3.63) is 53.7 Å². The SMILES string of the molecule is C=CC(=O)N1CCN(CCn2c(=O)ccc3cnc(Nc4cnn(C)c4)nc32)[C@@H](C)C1. The molecule has 4 rings (SSSR count). The van der Waals surface area contributed by atoms with Gasteiger partial charge in [-0.25, -0.2) is 4.98 Å². The first-order chi connectivity index (χ1) is 14.9. The van der Waals surface area contributed by atoms with Crippen LogP contribution in [0.4, 0.5) is 11.6 Å². The second-order valence-electron chi connectivity index (χ2n) is 7.70. The first kappa shape index (κ1) is 20.7. The monoisotopic (exact) mass is 422 g/mol. The van der Waals surface area contributed by atoms with Gasteiger partial charge in [-0.1, -0.05) is 6.58 Å². The lowest BCUT2D eigenvalue weighted by atomic mass is 10.2. The van der Waals surface area contributed by atoms with Gasteiger partial charge in [-0.05, 0) is 19.1 Å². The van der Waals surface area contributed by atoms with E-state index in [-0.39, 0.29) is 17.5 Å². The third-order valence-electron chi connectivity index (χ3n) is 5.55. The summed E-state index contributed by atoms with van der Waals surface area (Å²) in [6, 6.07) is 3.48. The summed E-state index contributed by atoms with van der Waals surface area (Å²) < 4.78 is 3.36. The lowest BCUT2D eigenvalue weighted by Crippen LogP contribution is -2.54. The number of rotatable bonds is 6. The van der Waals surface area contributed by atoms with Crippen LogP contribution < -0.4 is 10.9 Å². The standard InChI is InChI=1S/C21H26N8O2/c1-4-18(30)28-8-7-27(15(2)13-28)9-10-29-19(31)6-5-16-11-22-21(25-20(16)29)24-17-12-23-26(3)14-17/h4-6,11-12,14-15H,1,7-10,13H2,2-3H3,(H,22,24,25)/t15-/m0/s1. The van der Waals surface area contributed by atoms with E-state index in [1.54, 1.807) is 33.8 Å². The minimum atomic E-state index is -0.105. The summed E-state index contributed by atoms with van der Waals surface area (Å²) in [4.78, 5) is 37.5. The molecule has 0 unspecified atom stereocenters. The molecule has 1 fully saturated rings. The first-order valence-corrected chi connectivity index (χ1v) is 10.2. The topological polar surface area (TPSA) is 101 Å². The summed E-state index contributed by atoms with van der Waals surface area (Å²) in [7, 11) is 1.83. The van der Waals surface area contributed by atoms with Gasteiger partial charge >= 0.3 is 0 Å². The van der Waals surface area contributed by atoms with Crippen LogP contribution in [-0.2, 0) is 18.4 Å². The number of carbonyl (C=O) groups excluding carboxylic acids is 1. The van der Waals surface area contributed by atoms with E-state index in [1.807, 2.05) is 18.1 Å². The molecule has 0 aromatic carbocycles. The number of hydrogen-bond donors (Lipinski definition) is 1. The van der Waals surface area contributed by atoms with Crippen LogP contribution in [0.25, 0.3) is 11.0 Å². The van der Waals surface area contributed by atoms with Crippen LogP contribution >= 0.6 is 0 Å². The quantitative estimate of drug-likeness (QED) is 0.591. The summed E-state index contributed by atoms with van der Waals surface area (Å²) in [5.74, 6) is 0.367. The third kappa shape index (κ3) is 4.48. The zero-order chi connectivity index (χ0) is 22.0. The fourth-order valence-electron chi connectivity index (χ4n) is 3.85. The molecule has 4 heterocycles. The molecule has 0 aliphatic carbocycles. The molecule has 0 spiro atoms. The first-order valence-electron chi connectivity index (χ1n) is 10.2. The van der Waals surface area contributed by atoms with Crippen molar-refractivity contribution in [2.45, 2.75) is 19.5 Å². The smallest absolute Gasteiger partial charge is 0.252 e. The molecule has 1 N–H and O–H groups in total. The van der Waals surface area contributed by atoms with Crippen molar-refractivity contribution in [3.63, 3.8) is 0 Å². The molecular formula is C21H26N8O2. The van der Waals surface area contributed by atoms with E-state index in [0.717, 1.165) is 17.6 Å². The maximum Gasteiger partial charge on any atom is 0.252 e. The van der Waals surface area contributed by atoms with Crippen molar-refractivity contribution >= 4 is 28.6 Å².